The molecule has 2 aromatic carbocycles. The summed E-state index contributed by atoms with van der Waals surface area (Å²) in [4.78, 5) is 16.4. The maximum absolute atomic E-state index is 13.9. The van der Waals surface area contributed by atoms with E-state index >= 15 is 0 Å². The van der Waals surface area contributed by atoms with Gasteiger partial charge >= 0.3 is 0 Å². The summed E-state index contributed by atoms with van der Waals surface area (Å²) in [6.45, 7) is 2.41. The molecule has 5 nitrogen and oxygen atoms in total. The molecule has 4 rings (SSSR count). The molecule has 0 aliphatic carbocycles. The third-order valence-corrected chi connectivity index (χ3v) is 5.67. The molecule has 1 saturated heterocycles. The van der Waals surface area contributed by atoms with Gasteiger partial charge in [0.05, 0.1) is 12.1 Å². The van der Waals surface area contributed by atoms with E-state index in [0.717, 1.165) is 17.1 Å². The van der Waals surface area contributed by atoms with Crippen LogP contribution in [-0.4, -0.2) is 47.2 Å². The van der Waals surface area contributed by atoms with Gasteiger partial charge in [-0.1, -0.05) is 41.4 Å². The smallest absolute Gasteiger partial charge is 0.227 e. The van der Waals surface area contributed by atoms with Crippen LogP contribution in [0.25, 0.3) is 11.3 Å². The second kappa shape index (κ2) is 8.43. The van der Waals surface area contributed by atoms with Crippen LogP contribution in [0.3, 0.4) is 0 Å². The Labute approximate surface area is 178 Å². The zero-order valence-corrected chi connectivity index (χ0v) is 17.0. The molecular weight excluding hydrogens is 414 g/mol. The van der Waals surface area contributed by atoms with E-state index in [9.17, 15) is 9.18 Å². The third kappa shape index (κ3) is 4.38. The molecule has 0 bridgehead atoms. The summed E-state index contributed by atoms with van der Waals surface area (Å²) in [7, 11) is 0. The highest BCUT2D eigenvalue weighted by Crippen LogP contribution is 2.25. The van der Waals surface area contributed by atoms with E-state index in [1.165, 1.54) is 12.1 Å². The van der Waals surface area contributed by atoms with Crippen LogP contribution in [0, 0.1) is 5.82 Å². The fourth-order valence-corrected chi connectivity index (χ4v) is 3.76. The second-order valence-corrected chi connectivity index (χ2v) is 7.74. The second-order valence-electron chi connectivity index (χ2n) is 6.89. The predicted molar refractivity (Wildman–Crippen MR) is 113 cm³/mol. The van der Waals surface area contributed by atoms with Crippen LogP contribution in [0.5, 0.6) is 0 Å². The highest BCUT2D eigenvalue weighted by molar-refractivity contribution is 6.31. The van der Waals surface area contributed by atoms with Crippen LogP contribution in [0.2, 0.25) is 10.0 Å². The summed E-state index contributed by atoms with van der Waals surface area (Å²) in [5.41, 5.74) is 2.16. The molecule has 2 heterocycles. The summed E-state index contributed by atoms with van der Waals surface area (Å²) in [5.74, 6) is 0.260. The van der Waals surface area contributed by atoms with Gasteiger partial charge in [0.2, 0.25) is 5.91 Å². The van der Waals surface area contributed by atoms with E-state index in [0.29, 0.717) is 31.2 Å². The van der Waals surface area contributed by atoms with E-state index in [4.69, 9.17) is 23.2 Å². The average molecular weight is 433 g/mol. The number of aromatic amines is 1. The Hall–Kier alpha value is -2.57. The highest BCUT2D eigenvalue weighted by Gasteiger charge is 2.24. The van der Waals surface area contributed by atoms with E-state index < -0.39 is 5.82 Å². The number of hydrogen-bond acceptors (Lipinski definition) is 3. The van der Waals surface area contributed by atoms with Gasteiger partial charge in [0.15, 0.2) is 5.82 Å². The number of hydrogen-bond donors (Lipinski definition) is 1. The van der Waals surface area contributed by atoms with Crippen molar-refractivity contribution in [2.24, 2.45) is 0 Å². The zero-order chi connectivity index (χ0) is 20.4. The molecule has 29 heavy (non-hydrogen) atoms. The van der Waals surface area contributed by atoms with Gasteiger partial charge in [-0.2, -0.15) is 5.10 Å². The number of rotatable bonds is 4. The minimum Gasteiger partial charge on any atom is -0.352 e. The van der Waals surface area contributed by atoms with Crippen molar-refractivity contribution in [1.29, 1.82) is 0 Å². The normalized spacial score (nSPS) is 14.3. The number of nitrogens with zero attached hydrogens (tertiary/aromatic N) is 3. The van der Waals surface area contributed by atoms with Crippen molar-refractivity contribution >= 4 is 34.9 Å². The molecule has 0 unspecified atom stereocenters. The van der Waals surface area contributed by atoms with Gasteiger partial charge < -0.3 is 9.80 Å². The maximum atomic E-state index is 13.9. The fraction of sp³-hybridized carbons (Fsp3) is 0.238. The van der Waals surface area contributed by atoms with Crippen molar-refractivity contribution in [1.82, 2.24) is 15.1 Å². The van der Waals surface area contributed by atoms with Crippen LogP contribution >= 0.6 is 23.2 Å². The largest absolute Gasteiger partial charge is 0.352 e. The molecule has 1 N–H and O–H groups in total. The van der Waals surface area contributed by atoms with Crippen molar-refractivity contribution < 1.29 is 9.18 Å². The number of halogens is 3. The third-order valence-electron chi connectivity index (χ3n) is 5.07. The van der Waals surface area contributed by atoms with E-state index in [1.54, 1.807) is 11.0 Å². The fourth-order valence-electron chi connectivity index (χ4n) is 3.40. The molecular formula is C21H19Cl2FN4O. The molecule has 8 heteroatoms. The van der Waals surface area contributed by atoms with Crippen LogP contribution < -0.4 is 4.90 Å². The Kier molecular flexibility index (Phi) is 5.74. The first-order valence-electron chi connectivity index (χ1n) is 9.28. The van der Waals surface area contributed by atoms with Crippen LogP contribution in [0.15, 0.2) is 48.5 Å². The molecule has 3 aromatic rings. The van der Waals surface area contributed by atoms with Gasteiger partial charge in [0, 0.05) is 47.9 Å². The van der Waals surface area contributed by atoms with Crippen molar-refractivity contribution in [2.45, 2.75) is 6.42 Å². The first-order chi connectivity index (χ1) is 14.0. The maximum Gasteiger partial charge on any atom is 0.227 e. The number of anilines is 1. The molecule has 150 valence electrons. The lowest BCUT2D eigenvalue weighted by Crippen LogP contribution is -2.49. The van der Waals surface area contributed by atoms with Crippen molar-refractivity contribution in [3.63, 3.8) is 0 Å². The molecule has 0 atom stereocenters. The minimum absolute atomic E-state index is 0.0331. The molecule has 0 radical (unpaired) electrons. The first-order valence-corrected chi connectivity index (χ1v) is 10.0. The average Bonchev–Trinajstić information content (AvgIpc) is 3.21. The van der Waals surface area contributed by atoms with E-state index in [1.807, 2.05) is 30.3 Å². The first kappa shape index (κ1) is 19.7. The quantitative estimate of drug-likeness (QED) is 0.663. The molecule has 1 aliphatic rings. The van der Waals surface area contributed by atoms with Crippen LogP contribution in [0.1, 0.15) is 5.56 Å². The topological polar surface area (TPSA) is 52.2 Å². The van der Waals surface area contributed by atoms with Gasteiger partial charge in [-0.15, -0.1) is 0 Å². The molecule has 1 aromatic heterocycles. The molecule has 1 aliphatic heterocycles. The highest BCUT2D eigenvalue weighted by atomic mass is 35.5. The van der Waals surface area contributed by atoms with Crippen LogP contribution in [-0.2, 0) is 11.2 Å². The summed E-state index contributed by atoms with van der Waals surface area (Å²) < 4.78 is 13.9. The lowest BCUT2D eigenvalue weighted by atomic mass is 10.1. The minimum atomic E-state index is -0.448. The van der Waals surface area contributed by atoms with Crippen LogP contribution in [0.4, 0.5) is 10.2 Å². The van der Waals surface area contributed by atoms with E-state index in [-0.39, 0.29) is 22.9 Å². The summed E-state index contributed by atoms with van der Waals surface area (Å²) in [6.07, 6.45) is -0.0331. The number of H-pyrrole nitrogens is 1. The zero-order valence-electron chi connectivity index (χ0n) is 15.5. The van der Waals surface area contributed by atoms with Crippen molar-refractivity contribution in [2.75, 3.05) is 31.1 Å². The van der Waals surface area contributed by atoms with Gasteiger partial charge in [-0.05, 0) is 29.8 Å². The van der Waals surface area contributed by atoms with Gasteiger partial charge in [-0.25, -0.2) is 4.39 Å². The molecule has 1 fully saturated rings. The predicted octanol–water partition coefficient (Wildman–Crippen LogP) is 4.41. The molecule has 0 spiro atoms. The summed E-state index contributed by atoms with van der Waals surface area (Å²) >= 11 is 12.0. The molecule has 0 saturated carbocycles. The standard InChI is InChI=1S/C21H19Cl2FN4O/c22-15-6-4-14(5-7-15)19-13-20(26-25-19)27-8-10-28(11-9-27)21(29)12-16-17(23)2-1-3-18(16)24/h1-7,13H,8-12H2,(H,25,26). The van der Waals surface area contributed by atoms with Gasteiger partial charge in [0.1, 0.15) is 5.82 Å². The Morgan fingerprint density at radius 2 is 1.79 bits per heavy atom. The van der Waals surface area contributed by atoms with Crippen molar-refractivity contribution in [3.05, 3.63) is 70.0 Å². The monoisotopic (exact) mass is 432 g/mol. The van der Waals surface area contributed by atoms with E-state index in [2.05, 4.69) is 15.1 Å². The Morgan fingerprint density at radius 1 is 1.07 bits per heavy atom. The SMILES string of the molecule is O=C(Cc1c(F)cccc1Cl)N1CCN(c2cc(-c3ccc(Cl)cc3)[nH]n2)CC1. The number of carbonyl (C=O) groups is 1. The summed E-state index contributed by atoms with van der Waals surface area (Å²) in [6, 6.07) is 14.0. The summed E-state index contributed by atoms with van der Waals surface area (Å²) in [5, 5.41) is 8.41. The number of amides is 1. The van der Waals surface area contributed by atoms with Gasteiger partial charge in [-0.3, -0.25) is 9.89 Å². The number of carbonyl (C=O) groups excluding carboxylic acids is 1. The number of benzene rings is 2. The Morgan fingerprint density at radius 3 is 2.48 bits per heavy atom. The van der Waals surface area contributed by atoms with Crippen molar-refractivity contribution in [3.8, 4) is 11.3 Å². The number of aromatic nitrogens is 2. The Bertz CT molecular complexity index is 994. The van der Waals surface area contributed by atoms with Gasteiger partial charge in [0.25, 0.3) is 0 Å². The molecule has 1 amide bonds. The number of piperazine rings is 1. The lowest BCUT2D eigenvalue weighted by Gasteiger charge is -2.35. The lowest BCUT2D eigenvalue weighted by molar-refractivity contribution is -0.130. The number of nitrogens with one attached hydrogen (secondary N) is 1. The Balaban J connectivity index is 1.37.